The molecule has 39 heavy (non-hydrogen) atoms. The van der Waals surface area contributed by atoms with Crippen LogP contribution in [0.2, 0.25) is 0 Å². The highest BCUT2D eigenvalue weighted by molar-refractivity contribution is 6.00. The van der Waals surface area contributed by atoms with Crippen molar-refractivity contribution in [2.45, 2.75) is 63.9 Å². The molecule has 2 aliphatic heterocycles. The van der Waals surface area contributed by atoms with Gasteiger partial charge in [-0.1, -0.05) is 35.5 Å². The number of aliphatic hydroxyl groups excluding tert-OH is 1. The summed E-state index contributed by atoms with van der Waals surface area (Å²) >= 11 is 0. The summed E-state index contributed by atoms with van der Waals surface area (Å²) in [6, 6.07) is 14.8. The predicted octanol–water partition coefficient (Wildman–Crippen LogP) is 4.12. The SMILES string of the molecule is CC(C)(C)OC(=O)N1CCC2(CC1)CC(=O)c1ccc(OCC(O)Cn3cc(-c4ccccc4)nn3)cc1O2. The van der Waals surface area contributed by atoms with Gasteiger partial charge in [-0.3, -0.25) is 4.79 Å². The quantitative estimate of drug-likeness (QED) is 0.502. The average molecular weight is 535 g/mol. The number of rotatable bonds is 6. The smallest absolute Gasteiger partial charge is 0.410 e. The normalized spacial score (nSPS) is 17.3. The van der Waals surface area contributed by atoms with Crippen LogP contribution in [0, 0.1) is 0 Å². The van der Waals surface area contributed by atoms with Gasteiger partial charge in [0.25, 0.3) is 0 Å². The van der Waals surface area contributed by atoms with Crippen LogP contribution in [0.4, 0.5) is 4.79 Å². The van der Waals surface area contributed by atoms with E-state index >= 15 is 0 Å². The molecule has 5 rings (SSSR count). The van der Waals surface area contributed by atoms with E-state index in [1.807, 2.05) is 51.1 Å². The Hall–Kier alpha value is -3.92. The van der Waals surface area contributed by atoms with E-state index < -0.39 is 17.3 Å². The van der Waals surface area contributed by atoms with E-state index in [1.54, 1.807) is 34.0 Å². The molecule has 206 valence electrons. The Morgan fingerprint density at radius 2 is 1.90 bits per heavy atom. The lowest BCUT2D eigenvalue weighted by atomic mass is 9.82. The largest absolute Gasteiger partial charge is 0.491 e. The predicted molar refractivity (Wildman–Crippen MR) is 143 cm³/mol. The summed E-state index contributed by atoms with van der Waals surface area (Å²) in [5.41, 5.74) is 0.966. The Morgan fingerprint density at radius 1 is 1.15 bits per heavy atom. The highest BCUT2D eigenvalue weighted by Crippen LogP contribution is 2.41. The van der Waals surface area contributed by atoms with Gasteiger partial charge in [0.2, 0.25) is 0 Å². The second-order valence-corrected chi connectivity index (χ2v) is 11.2. The number of hydrogen-bond donors (Lipinski definition) is 1. The van der Waals surface area contributed by atoms with E-state index in [4.69, 9.17) is 14.2 Å². The number of benzene rings is 2. The summed E-state index contributed by atoms with van der Waals surface area (Å²) in [6.45, 7) is 6.67. The van der Waals surface area contributed by atoms with Gasteiger partial charge >= 0.3 is 6.09 Å². The van der Waals surface area contributed by atoms with E-state index in [0.717, 1.165) is 11.3 Å². The highest BCUT2D eigenvalue weighted by atomic mass is 16.6. The zero-order valence-electron chi connectivity index (χ0n) is 22.5. The number of fused-ring (bicyclic) bond motifs is 1. The van der Waals surface area contributed by atoms with Gasteiger partial charge in [0, 0.05) is 37.6 Å². The second kappa shape index (κ2) is 10.7. The van der Waals surface area contributed by atoms with Crippen LogP contribution in [0.15, 0.2) is 54.7 Å². The van der Waals surface area contributed by atoms with Crippen LogP contribution >= 0.6 is 0 Å². The number of ether oxygens (including phenoxy) is 3. The third-order valence-electron chi connectivity index (χ3n) is 6.84. The van der Waals surface area contributed by atoms with Crippen molar-refractivity contribution in [2.75, 3.05) is 19.7 Å². The topological polar surface area (TPSA) is 116 Å². The monoisotopic (exact) mass is 534 g/mol. The Morgan fingerprint density at radius 3 is 2.62 bits per heavy atom. The molecule has 0 saturated carbocycles. The molecule has 0 aliphatic carbocycles. The third kappa shape index (κ3) is 6.39. The molecule has 3 aromatic rings. The number of Topliss-reactive ketones (excluding diaryl/α,β-unsaturated/α-hetero) is 1. The lowest BCUT2D eigenvalue weighted by Gasteiger charge is -2.44. The number of ketones is 1. The molecule has 1 atom stereocenters. The molecular formula is C29H34N4O6. The van der Waals surface area contributed by atoms with Gasteiger partial charge in [0.1, 0.15) is 41.1 Å². The summed E-state index contributed by atoms with van der Waals surface area (Å²) in [7, 11) is 0. The van der Waals surface area contributed by atoms with E-state index in [0.29, 0.717) is 43.0 Å². The number of nitrogens with zero attached hydrogens (tertiary/aromatic N) is 4. The summed E-state index contributed by atoms with van der Waals surface area (Å²) in [5.74, 6) is 0.967. The minimum absolute atomic E-state index is 0.00829. The van der Waals surface area contributed by atoms with Crippen molar-refractivity contribution in [3.63, 3.8) is 0 Å². The molecule has 3 heterocycles. The molecule has 1 spiro atoms. The number of hydrogen-bond acceptors (Lipinski definition) is 8. The first-order valence-corrected chi connectivity index (χ1v) is 13.2. The van der Waals surface area contributed by atoms with Crippen LogP contribution in [0.1, 0.15) is 50.4 Å². The van der Waals surface area contributed by atoms with Crippen molar-refractivity contribution in [2.24, 2.45) is 0 Å². The molecule has 1 amide bonds. The molecule has 0 radical (unpaired) electrons. The van der Waals surface area contributed by atoms with Gasteiger partial charge in [0.05, 0.1) is 24.7 Å². The maximum atomic E-state index is 13.0. The van der Waals surface area contributed by atoms with Crippen LogP contribution < -0.4 is 9.47 Å². The van der Waals surface area contributed by atoms with Gasteiger partial charge in [-0.25, -0.2) is 9.48 Å². The summed E-state index contributed by atoms with van der Waals surface area (Å²) < 4.78 is 19.3. The zero-order chi connectivity index (χ0) is 27.6. The average Bonchev–Trinajstić information content (AvgIpc) is 3.35. The Labute approximate surface area is 227 Å². The highest BCUT2D eigenvalue weighted by Gasteiger charge is 2.44. The number of amides is 1. The van der Waals surface area contributed by atoms with Gasteiger partial charge in [-0.15, -0.1) is 5.10 Å². The van der Waals surface area contributed by atoms with Gasteiger partial charge in [-0.2, -0.15) is 0 Å². The van der Waals surface area contributed by atoms with Crippen LogP contribution in [-0.2, 0) is 11.3 Å². The molecule has 10 nitrogen and oxygen atoms in total. The van der Waals surface area contributed by atoms with Crippen molar-refractivity contribution in [1.82, 2.24) is 19.9 Å². The van der Waals surface area contributed by atoms with Gasteiger partial charge in [0.15, 0.2) is 5.78 Å². The fraction of sp³-hybridized carbons (Fsp3) is 0.448. The first-order chi connectivity index (χ1) is 18.6. The molecule has 1 aromatic heterocycles. The fourth-order valence-corrected chi connectivity index (χ4v) is 4.86. The number of carbonyl (C=O) groups is 2. The Kier molecular flexibility index (Phi) is 7.31. The second-order valence-electron chi connectivity index (χ2n) is 11.2. The van der Waals surface area contributed by atoms with Crippen molar-refractivity contribution < 1.29 is 28.9 Å². The van der Waals surface area contributed by atoms with E-state index in [9.17, 15) is 14.7 Å². The number of aliphatic hydroxyl groups is 1. The van der Waals surface area contributed by atoms with Crippen molar-refractivity contribution >= 4 is 11.9 Å². The lowest BCUT2D eigenvalue weighted by molar-refractivity contribution is -0.0227. The molecule has 2 aromatic carbocycles. The first kappa shape index (κ1) is 26.7. The maximum Gasteiger partial charge on any atom is 0.410 e. The lowest BCUT2D eigenvalue weighted by Crippen LogP contribution is -2.52. The minimum atomic E-state index is -0.822. The van der Waals surface area contributed by atoms with Gasteiger partial charge in [-0.05, 0) is 32.9 Å². The van der Waals surface area contributed by atoms with E-state index in [1.165, 1.54) is 0 Å². The third-order valence-corrected chi connectivity index (χ3v) is 6.84. The van der Waals surface area contributed by atoms with E-state index in [2.05, 4.69) is 10.3 Å². The molecule has 2 aliphatic rings. The molecule has 1 unspecified atom stereocenters. The van der Waals surface area contributed by atoms with Crippen LogP contribution in [0.5, 0.6) is 11.5 Å². The Bertz CT molecular complexity index is 1330. The van der Waals surface area contributed by atoms with Crippen LogP contribution in [0.25, 0.3) is 11.3 Å². The number of aromatic nitrogens is 3. The number of likely N-dealkylation sites (tertiary alicyclic amines) is 1. The molecule has 10 heteroatoms. The van der Waals surface area contributed by atoms with Crippen molar-refractivity contribution in [1.29, 1.82) is 0 Å². The van der Waals surface area contributed by atoms with Crippen molar-refractivity contribution in [3.05, 3.63) is 60.3 Å². The summed E-state index contributed by atoms with van der Waals surface area (Å²) in [4.78, 5) is 27.1. The molecule has 1 N–H and O–H groups in total. The van der Waals surface area contributed by atoms with Crippen molar-refractivity contribution in [3.8, 4) is 22.8 Å². The molecule has 1 fully saturated rings. The summed E-state index contributed by atoms with van der Waals surface area (Å²) in [6.07, 6.45) is 1.94. The Balaban J connectivity index is 1.17. The van der Waals surface area contributed by atoms with Gasteiger partial charge < -0.3 is 24.2 Å². The molecule has 1 saturated heterocycles. The van der Waals surface area contributed by atoms with E-state index in [-0.39, 0.29) is 31.4 Å². The fourth-order valence-electron chi connectivity index (χ4n) is 4.86. The van der Waals surface area contributed by atoms with Crippen LogP contribution in [0.3, 0.4) is 0 Å². The maximum absolute atomic E-state index is 13.0. The molecule has 0 bridgehead atoms. The standard InChI is InChI=1S/C29H34N4O6/c1-28(2,3)39-27(36)32-13-11-29(12-14-32)16-25(35)23-10-9-22(15-26(23)38-29)37-19-21(34)17-33-18-24(30-31-33)20-7-5-4-6-8-20/h4-10,15,18,21,34H,11-14,16-17,19H2,1-3H3. The first-order valence-electron chi connectivity index (χ1n) is 13.2. The molecular weight excluding hydrogens is 500 g/mol. The van der Waals surface area contributed by atoms with Crippen LogP contribution in [-0.4, -0.2) is 73.9 Å². The summed E-state index contributed by atoms with van der Waals surface area (Å²) in [5, 5.41) is 18.8. The number of carbonyl (C=O) groups excluding carboxylic acids is 2. The number of piperidine rings is 1. The zero-order valence-corrected chi connectivity index (χ0v) is 22.5. The minimum Gasteiger partial charge on any atom is -0.491 e.